The predicted molar refractivity (Wildman–Crippen MR) is 102 cm³/mol. The van der Waals surface area contributed by atoms with Gasteiger partial charge in [0.1, 0.15) is 17.3 Å². The lowest BCUT2D eigenvalue weighted by Crippen LogP contribution is -2.24. The summed E-state index contributed by atoms with van der Waals surface area (Å²) in [5.41, 5.74) is 0.452. The maximum atomic E-state index is 13.8. The predicted octanol–water partition coefficient (Wildman–Crippen LogP) is 4.07. The summed E-state index contributed by atoms with van der Waals surface area (Å²) in [5, 5.41) is 10.8. The molecule has 2 heterocycles. The Hall–Kier alpha value is -2.81. The molecule has 1 saturated carbocycles. The van der Waals surface area contributed by atoms with Crippen LogP contribution in [-0.2, 0) is 4.79 Å². The van der Waals surface area contributed by atoms with Crippen LogP contribution < -0.4 is 5.32 Å². The highest BCUT2D eigenvalue weighted by Gasteiger charge is 2.31. The van der Waals surface area contributed by atoms with Crippen molar-refractivity contribution in [1.29, 1.82) is 0 Å². The summed E-state index contributed by atoms with van der Waals surface area (Å²) in [6, 6.07) is 7.45. The van der Waals surface area contributed by atoms with Crippen molar-refractivity contribution in [2.24, 2.45) is 0 Å². The Labute approximate surface area is 164 Å². The van der Waals surface area contributed by atoms with Crippen molar-refractivity contribution in [2.45, 2.75) is 36.2 Å². The molecule has 2 aromatic heterocycles. The molecule has 9 heteroatoms. The van der Waals surface area contributed by atoms with E-state index in [0.29, 0.717) is 11.2 Å². The number of aromatic nitrogens is 4. The van der Waals surface area contributed by atoms with Gasteiger partial charge in [-0.2, -0.15) is 0 Å². The molecule has 1 aromatic carbocycles. The first-order valence-corrected chi connectivity index (χ1v) is 9.69. The maximum Gasteiger partial charge on any atom is 0.237 e. The number of carbonyl (C=O) groups is 1. The van der Waals surface area contributed by atoms with Crippen LogP contribution >= 0.6 is 11.8 Å². The van der Waals surface area contributed by atoms with Gasteiger partial charge in [0.15, 0.2) is 11.0 Å². The molecule has 1 amide bonds. The molecule has 1 aliphatic rings. The van der Waals surface area contributed by atoms with Crippen molar-refractivity contribution in [2.75, 3.05) is 5.32 Å². The maximum absolute atomic E-state index is 13.8. The van der Waals surface area contributed by atoms with Gasteiger partial charge in [-0.1, -0.05) is 17.8 Å². The fourth-order valence-corrected chi connectivity index (χ4v) is 3.69. The number of nitrogens with one attached hydrogen (secondary N) is 1. The van der Waals surface area contributed by atoms with E-state index < -0.39 is 28.5 Å². The number of amides is 1. The Morgan fingerprint density at radius 2 is 1.86 bits per heavy atom. The first-order chi connectivity index (χ1) is 13.5. The van der Waals surface area contributed by atoms with Crippen molar-refractivity contribution >= 4 is 23.4 Å². The Bertz CT molecular complexity index is 987. The first-order valence-electron chi connectivity index (χ1n) is 8.81. The van der Waals surface area contributed by atoms with Gasteiger partial charge in [-0.3, -0.25) is 14.3 Å². The van der Waals surface area contributed by atoms with Crippen LogP contribution in [0.1, 0.15) is 25.8 Å². The number of carbonyl (C=O) groups excluding carboxylic acids is 1. The fourth-order valence-electron chi connectivity index (χ4n) is 2.77. The fraction of sp³-hybridized carbons (Fsp3) is 0.263. The lowest BCUT2D eigenvalue weighted by molar-refractivity contribution is -0.115. The molecule has 1 fully saturated rings. The Balaban J connectivity index is 1.54. The lowest BCUT2D eigenvalue weighted by atomic mass is 10.2. The highest BCUT2D eigenvalue weighted by atomic mass is 32.2. The van der Waals surface area contributed by atoms with Crippen LogP contribution in [0.4, 0.5) is 14.5 Å². The van der Waals surface area contributed by atoms with Crippen molar-refractivity contribution in [3.8, 4) is 11.4 Å². The minimum Gasteiger partial charge on any atom is -0.320 e. The third kappa shape index (κ3) is 3.75. The molecular weight excluding hydrogens is 384 g/mol. The third-order valence-corrected chi connectivity index (χ3v) is 5.43. The van der Waals surface area contributed by atoms with Gasteiger partial charge in [0.25, 0.3) is 0 Å². The van der Waals surface area contributed by atoms with E-state index in [2.05, 4.69) is 20.5 Å². The summed E-state index contributed by atoms with van der Waals surface area (Å²) in [6.07, 6.45) is 5.41. The van der Waals surface area contributed by atoms with Crippen LogP contribution in [0.3, 0.4) is 0 Å². The van der Waals surface area contributed by atoms with Crippen LogP contribution in [0, 0.1) is 11.6 Å². The molecule has 1 N–H and O–H groups in total. The van der Waals surface area contributed by atoms with E-state index in [9.17, 15) is 13.6 Å². The zero-order valence-electron chi connectivity index (χ0n) is 15.0. The van der Waals surface area contributed by atoms with Crippen LogP contribution in [-0.4, -0.2) is 30.9 Å². The lowest BCUT2D eigenvalue weighted by Gasteiger charge is -2.14. The number of halogens is 2. The molecule has 1 aliphatic carbocycles. The standard InChI is InChI=1S/C19H17F2N5OS/c1-11(18(27)23-16-14(20)3-2-4-15(16)21)28-19-25-24-17(26(19)13-5-6-13)12-7-9-22-10-8-12/h2-4,7-11,13H,5-6H2,1H3,(H,23,27)/t11-/m0/s1. The average molecular weight is 401 g/mol. The van der Waals surface area contributed by atoms with Crippen LogP contribution in [0.2, 0.25) is 0 Å². The van der Waals surface area contributed by atoms with E-state index in [1.54, 1.807) is 19.3 Å². The highest BCUT2D eigenvalue weighted by Crippen LogP contribution is 2.41. The van der Waals surface area contributed by atoms with E-state index in [0.717, 1.165) is 36.4 Å². The molecule has 144 valence electrons. The van der Waals surface area contributed by atoms with Gasteiger partial charge in [0, 0.05) is 24.0 Å². The average Bonchev–Trinajstić information content (AvgIpc) is 3.45. The number of hydrogen-bond acceptors (Lipinski definition) is 5. The molecule has 6 nitrogen and oxygen atoms in total. The van der Waals surface area contributed by atoms with Gasteiger partial charge in [-0.15, -0.1) is 10.2 Å². The van der Waals surface area contributed by atoms with Gasteiger partial charge in [-0.25, -0.2) is 8.78 Å². The number of anilines is 1. The second-order valence-corrected chi connectivity index (χ2v) is 7.80. The van der Waals surface area contributed by atoms with Gasteiger partial charge in [0.2, 0.25) is 5.91 Å². The molecule has 1 atom stereocenters. The SMILES string of the molecule is C[C@H](Sc1nnc(-c2ccncc2)n1C1CC1)C(=O)Nc1c(F)cccc1F. The van der Waals surface area contributed by atoms with E-state index in [-0.39, 0.29) is 0 Å². The first kappa shape index (κ1) is 18.5. The number of rotatable bonds is 6. The smallest absolute Gasteiger partial charge is 0.237 e. The molecule has 0 saturated heterocycles. The Kier molecular flexibility index (Phi) is 5.08. The molecule has 0 aliphatic heterocycles. The van der Waals surface area contributed by atoms with Gasteiger partial charge in [0.05, 0.1) is 5.25 Å². The second kappa shape index (κ2) is 7.67. The molecule has 28 heavy (non-hydrogen) atoms. The van der Waals surface area contributed by atoms with E-state index >= 15 is 0 Å². The van der Waals surface area contributed by atoms with Crippen LogP contribution in [0.15, 0.2) is 47.9 Å². The molecule has 0 unspecified atom stereocenters. The van der Waals surface area contributed by atoms with Crippen LogP contribution in [0.5, 0.6) is 0 Å². The van der Waals surface area contributed by atoms with Crippen molar-refractivity contribution in [1.82, 2.24) is 19.7 Å². The topological polar surface area (TPSA) is 72.7 Å². The number of pyridine rings is 1. The monoisotopic (exact) mass is 401 g/mol. The van der Waals surface area contributed by atoms with Gasteiger partial charge >= 0.3 is 0 Å². The summed E-state index contributed by atoms with van der Waals surface area (Å²) >= 11 is 1.21. The van der Waals surface area contributed by atoms with E-state index in [1.807, 2.05) is 16.7 Å². The quantitative estimate of drug-likeness (QED) is 0.631. The van der Waals surface area contributed by atoms with E-state index in [1.165, 1.54) is 17.8 Å². The van der Waals surface area contributed by atoms with Crippen molar-refractivity contribution in [3.05, 3.63) is 54.4 Å². The Morgan fingerprint density at radius 3 is 2.50 bits per heavy atom. The molecule has 0 spiro atoms. The van der Waals surface area contributed by atoms with E-state index in [4.69, 9.17) is 0 Å². The summed E-state index contributed by atoms with van der Waals surface area (Å²) in [7, 11) is 0. The molecule has 0 bridgehead atoms. The zero-order chi connectivity index (χ0) is 19.7. The Morgan fingerprint density at radius 1 is 1.18 bits per heavy atom. The minimum atomic E-state index is -0.813. The number of para-hydroxylation sites is 1. The molecule has 4 rings (SSSR count). The summed E-state index contributed by atoms with van der Waals surface area (Å²) in [5.74, 6) is -1.41. The normalized spacial score (nSPS) is 14.7. The van der Waals surface area contributed by atoms with Gasteiger partial charge in [-0.05, 0) is 44.0 Å². The summed E-state index contributed by atoms with van der Waals surface area (Å²) in [6.45, 7) is 1.66. The van der Waals surface area contributed by atoms with Gasteiger partial charge < -0.3 is 5.32 Å². The van der Waals surface area contributed by atoms with Crippen LogP contribution in [0.25, 0.3) is 11.4 Å². The molecular formula is C19H17F2N5OS. The third-order valence-electron chi connectivity index (χ3n) is 4.38. The zero-order valence-corrected chi connectivity index (χ0v) is 15.8. The number of thioether (sulfide) groups is 1. The summed E-state index contributed by atoms with van der Waals surface area (Å²) < 4.78 is 29.6. The van der Waals surface area contributed by atoms with Crippen molar-refractivity contribution < 1.29 is 13.6 Å². The number of benzene rings is 1. The largest absolute Gasteiger partial charge is 0.320 e. The molecule has 0 radical (unpaired) electrons. The molecule has 3 aromatic rings. The van der Waals surface area contributed by atoms with Crippen molar-refractivity contribution in [3.63, 3.8) is 0 Å². The second-order valence-electron chi connectivity index (χ2n) is 6.49. The summed E-state index contributed by atoms with van der Waals surface area (Å²) in [4.78, 5) is 16.5. The highest BCUT2D eigenvalue weighted by molar-refractivity contribution is 8.00. The number of nitrogens with zero attached hydrogens (tertiary/aromatic N) is 4. The minimum absolute atomic E-state index is 0.292. The number of hydrogen-bond donors (Lipinski definition) is 1.